The van der Waals surface area contributed by atoms with Crippen LogP contribution in [0.4, 0.5) is 5.82 Å². The van der Waals surface area contributed by atoms with Crippen molar-refractivity contribution in [1.29, 1.82) is 0 Å². The van der Waals surface area contributed by atoms with Gasteiger partial charge in [-0.15, -0.1) is 0 Å². The van der Waals surface area contributed by atoms with Crippen LogP contribution in [-0.2, 0) is 16.4 Å². The van der Waals surface area contributed by atoms with Crippen molar-refractivity contribution >= 4 is 26.8 Å². The van der Waals surface area contributed by atoms with Gasteiger partial charge >= 0.3 is 0 Å². The number of unbranched alkanes of at least 4 members (excludes halogenated alkanes) is 1. The third kappa shape index (κ3) is 4.46. The zero-order valence-corrected chi connectivity index (χ0v) is 18.8. The van der Waals surface area contributed by atoms with Crippen LogP contribution in [0.3, 0.4) is 0 Å². The molecule has 2 aromatic carbocycles. The van der Waals surface area contributed by atoms with Gasteiger partial charge in [0, 0.05) is 39.1 Å². The zero-order chi connectivity index (χ0) is 22.0. The quantitative estimate of drug-likeness (QED) is 0.521. The van der Waals surface area contributed by atoms with E-state index in [1.807, 2.05) is 48.5 Å². The van der Waals surface area contributed by atoms with Crippen molar-refractivity contribution in [1.82, 2.24) is 14.8 Å². The Balaban J connectivity index is 1.02. The first-order valence-electron chi connectivity index (χ1n) is 11.1. The number of hydrogen-bond acceptors (Lipinski definition) is 7. The molecule has 0 radical (unpaired) electrons. The van der Waals surface area contributed by atoms with E-state index in [0.29, 0.717) is 18.7 Å². The highest BCUT2D eigenvalue weighted by Crippen LogP contribution is 2.30. The summed E-state index contributed by atoms with van der Waals surface area (Å²) in [5.41, 5.74) is 0.931. The number of para-hydroxylation sites is 2. The second-order valence-electron chi connectivity index (χ2n) is 8.34. The fourth-order valence-electron chi connectivity index (χ4n) is 4.38. The molecular formula is C23H28N4O4S. The Kier molecular flexibility index (Phi) is 6.03. The highest BCUT2D eigenvalue weighted by molar-refractivity contribution is 7.90. The molecule has 5 rings (SSSR count). The first kappa shape index (κ1) is 21.2. The Bertz CT molecular complexity index is 1150. The van der Waals surface area contributed by atoms with Gasteiger partial charge in [0.1, 0.15) is 5.75 Å². The van der Waals surface area contributed by atoms with Gasteiger partial charge in [-0.3, -0.25) is 4.90 Å². The van der Waals surface area contributed by atoms with Crippen LogP contribution in [-0.4, -0.2) is 63.2 Å². The minimum atomic E-state index is -3.49. The van der Waals surface area contributed by atoms with Gasteiger partial charge in [0.25, 0.3) is 0 Å². The first-order valence-corrected chi connectivity index (χ1v) is 12.7. The van der Waals surface area contributed by atoms with E-state index in [-0.39, 0.29) is 0 Å². The summed E-state index contributed by atoms with van der Waals surface area (Å²) in [6, 6.07) is 15.4. The SMILES string of the molecule is O=S(=O)(NCCCCN1CCN(c2noc3ccccc23)CC1)C1Cc2ccccc2O1. The molecule has 3 aromatic rings. The van der Waals surface area contributed by atoms with E-state index in [1.54, 1.807) is 0 Å². The zero-order valence-electron chi connectivity index (χ0n) is 17.9. The lowest BCUT2D eigenvalue weighted by molar-refractivity contribution is 0.251. The average molecular weight is 457 g/mol. The van der Waals surface area contributed by atoms with Gasteiger partial charge in [-0.2, -0.15) is 0 Å². The first-order chi connectivity index (χ1) is 15.6. The topological polar surface area (TPSA) is 87.9 Å². The summed E-state index contributed by atoms with van der Waals surface area (Å²) in [6.07, 6.45) is 2.14. The molecular weight excluding hydrogens is 428 g/mol. The van der Waals surface area contributed by atoms with Crippen LogP contribution in [0.15, 0.2) is 53.1 Å². The van der Waals surface area contributed by atoms with Crippen LogP contribution >= 0.6 is 0 Å². The van der Waals surface area contributed by atoms with Gasteiger partial charge in [-0.25, -0.2) is 13.1 Å². The summed E-state index contributed by atoms with van der Waals surface area (Å²) in [4.78, 5) is 4.69. The van der Waals surface area contributed by atoms with Gasteiger partial charge in [-0.05, 0) is 43.1 Å². The summed E-state index contributed by atoms with van der Waals surface area (Å²) in [7, 11) is -3.49. The molecule has 0 saturated carbocycles. The van der Waals surface area contributed by atoms with Crippen LogP contribution in [0.1, 0.15) is 18.4 Å². The lowest BCUT2D eigenvalue weighted by atomic mass is 10.2. The summed E-state index contributed by atoms with van der Waals surface area (Å²) in [5, 5.41) is 5.31. The van der Waals surface area contributed by atoms with Crippen molar-refractivity contribution in [3.8, 4) is 5.75 Å². The number of hydrogen-bond donors (Lipinski definition) is 1. The van der Waals surface area contributed by atoms with Crippen molar-refractivity contribution in [2.45, 2.75) is 24.7 Å². The molecule has 0 amide bonds. The maximum absolute atomic E-state index is 12.5. The average Bonchev–Trinajstić information content (AvgIpc) is 3.44. The van der Waals surface area contributed by atoms with E-state index >= 15 is 0 Å². The minimum absolute atomic E-state index is 0.399. The smallest absolute Gasteiger partial charge is 0.250 e. The number of anilines is 1. The Morgan fingerprint density at radius 3 is 2.62 bits per heavy atom. The Labute approximate surface area is 188 Å². The predicted molar refractivity (Wildman–Crippen MR) is 123 cm³/mol. The Morgan fingerprint density at radius 2 is 1.78 bits per heavy atom. The molecule has 32 heavy (non-hydrogen) atoms. The maximum Gasteiger partial charge on any atom is 0.250 e. The van der Waals surface area contributed by atoms with Crippen LogP contribution in [0, 0.1) is 0 Å². The maximum atomic E-state index is 12.5. The lowest BCUT2D eigenvalue weighted by Crippen LogP contribution is -2.47. The molecule has 1 aromatic heterocycles. The normalized spacial score (nSPS) is 19.2. The van der Waals surface area contributed by atoms with Crippen LogP contribution < -0.4 is 14.4 Å². The second-order valence-corrected chi connectivity index (χ2v) is 10.2. The van der Waals surface area contributed by atoms with Crippen LogP contribution in [0.2, 0.25) is 0 Å². The number of fused-ring (bicyclic) bond motifs is 2. The van der Waals surface area contributed by atoms with E-state index in [4.69, 9.17) is 9.26 Å². The van der Waals surface area contributed by atoms with Gasteiger partial charge in [0.15, 0.2) is 11.4 Å². The number of nitrogens with zero attached hydrogens (tertiary/aromatic N) is 3. The molecule has 170 valence electrons. The molecule has 2 aliphatic heterocycles. The largest absolute Gasteiger partial charge is 0.472 e. The number of benzene rings is 2. The Hall–Kier alpha value is -2.62. The number of piperazine rings is 1. The third-order valence-corrected chi connectivity index (χ3v) is 7.76. The van der Waals surface area contributed by atoms with Crippen molar-refractivity contribution in [3.63, 3.8) is 0 Å². The number of nitrogens with one attached hydrogen (secondary N) is 1. The van der Waals surface area contributed by atoms with Crippen LogP contribution in [0.25, 0.3) is 11.0 Å². The molecule has 1 fully saturated rings. The van der Waals surface area contributed by atoms with Gasteiger partial charge < -0.3 is 14.2 Å². The highest BCUT2D eigenvalue weighted by atomic mass is 32.2. The lowest BCUT2D eigenvalue weighted by Gasteiger charge is -2.34. The van der Waals surface area contributed by atoms with Gasteiger partial charge in [0.05, 0.1) is 5.39 Å². The molecule has 1 atom stereocenters. The fourth-order valence-corrected chi connectivity index (χ4v) is 5.62. The number of sulfonamides is 1. The number of aromatic nitrogens is 1. The van der Waals surface area contributed by atoms with E-state index in [2.05, 4.69) is 19.7 Å². The highest BCUT2D eigenvalue weighted by Gasteiger charge is 2.33. The molecule has 2 aliphatic rings. The van der Waals surface area contributed by atoms with E-state index < -0.39 is 15.5 Å². The van der Waals surface area contributed by atoms with Crippen molar-refractivity contribution in [3.05, 3.63) is 54.1 Å². The van der Waals surface area contributed by atoms with E-state index in [9.17, 15) is 8.42 Å². The second kappa shape index (κ2) is 9.09. The molecule has 0 spiro atoms. The van der Waals surface area contributed by atoms with Crippen molar-refractivity contribution < 1.29 is 17.7 Å². The van der Waals surface area contributed by atoms with Crippen LogP contribution in [0.5, 0.6) is 5.75 Å². The summed E-state index contributed by atoms with van der Waals surface area (Å²) in [6.45, 7) is 5.12. The molecule has 1 unspecified atom stereocenters. The summed E-state index contributed by atoms with van der Waals surface area (Å²) in [5.74, 6) is 1.59. The molecule has 0 bridgehead atoms. The van der Waals surface area contributed by atoms with E-state index in [0.717, 1.165) is 67.9 Å². The standard InChI is InChI=1S/C23H28N4O4S/c28-32(29,22-17-18-7-1-3-9-20(18)30-22)24-11-5-6-12-26-13-15-27(16-14-26)23-19-8-2-4-10-21(19)31-25-23/h1-4,7-10,22,24H,5-6,11-17H2. The monoisotopic (exact) mass is 456 g/mol. The molecule has 1 saturated heterocycles. The predicted octanol–water partition coefficient (Wildman–Crippen LogP) is 2.61. The minimum Gasteiger partial charge on any atom is -0.472 e. The van der Waals surface area contributed by atoms with E-state index in [1.165, 1.54) is 0 Å². The molecule has 9 heteroatoms. The number of rotatable bonds is 8. The molecule has 1 N–H and O–H groups in total. The van der Waals surface area contributed by atoms with Gasteiger partial charge in [0.2, 0.25) is 15.5 Å². The third-order valence-electron chi connectivity index (χ3n) is 6.20. The fraction of sp³-hybridized carbons (Fsp3) is 0.435. The summed E-state index contributed by atoms with van der Waals surface area (Å²) < 4.78 is 38.9. The Morgan fingerprint density at radius 1 is 1.00 bits per heavy atom. The molecule has 0 aliphatic carbocycles. The van der Waals surface area contributed by atoms with Crippen molar-refractivity contribution in [2.24, 2.45) is 0 Å². The number of ether oxygens (including phenoxy) is 1. The molecule has 3 heterocycles. The summed E-state index contributed by atoms with van der Waals surface area (Å²) >= 11 is 0. The molecule has 8 nitrogen and oxygen atoms in total. The van der Waals surface area contributed by atoms with Crippen molar-refractivity contribution in [2.75, 3.05) is 44.2 Å². The van der Waals surface area contributed by atoms with Gasteiger partial charge in [-0.1, -0.05) is 35.5 Å².